The largest absolute Gasteiger partial charge is 0.394 e. The number of aromatic nitrogens is 2. The van der Waals surface area contributed by atoms with Crippen molar-refractivity contribution in [3.05, 3.63) is 32.6 Å². The van der Waals surface area contributed by atoms with Crippen LogP contribution < -0.4 is 17.0 Å². The van der Waals surface area contributed by atoms with Gasteiger partial charge in [0, 0.05) is 24.2 Å². The summed E-state index contributed by atoms with van der Waals surface area (Å²) in [5.74, 6) is 0. The van der Waals surface area contributed by atoms with Gasteiger partial charge in [-0.15, -0.1) is 0 Å². The second-order valence-corrected chi connectivity index (χ2v) is 4.19. The number of aliphatic hydroxyl groups is 1. The Morgan fingerprint density at radius 3 is 2.94 bits per heavy atom. The molecule has 0 spiro atoms. The molecule has 0 radical (unpaired) electrons. The lowest BCUT2D eigenvalue weighted by atomic mass is 10.1. The highest BCUT2D eigenvalue weighted by Crippen LogP contribution is 2.25. The van der Waals surface area contributed by atoms with Crippen LogP contribution in [-0.2, 0) is 4.74 Å². The molecular formula is C10H15N3O4. The first-order valence-electron chi connectivity index (χ1n) is 5.37. The molecule has 1 aliphatic heterocycles. The van der Waals surface area contributed by atoms with Crippen molar-refractivity contribution in [3.8, 4) is 0 Å². The fourth-order valence-electron chi connectivity index (χ4n) is 1.90. The van der Waals surface area contributed by atoms with Gasteiger partial charge in [-0.05, 0) is 6.92 Å². The Morgan fingerprint density at radius 1 is 1.65 bits per heavy atom. The van der Waals surface area contributed by atoms with Gasteiger partial charge in [-0.25, -0.2) is 4.79 Å². The smallest absolute Gasteiger partial charge is 0.330 e. The maximum absolute atomic E-state index is 11.6. The maximum Gasteiger partial charge on any atom is 0.330 e. The number of hydrogen-bond acceptors (Lipinski definition) is 5. The van der Waals surface area contributed by atoms with E-state index in [1.807, 2.05) is 0 Å². The number of rotatable bonds is 2. The van der Waals surface area contributed by atoms with Crippen LogP contribution >= 0.6 is 0 Å². The number of aliphatic hydroxyl groups excluding tert-OH is 1. The van der Waals surface area contributed by atoms with Crippen LogP contribution in [0.3, 0.4) is 0 Å². The summed E-state index contributed by atoms with van der Waals surface area (Å²) in [5.41, 5.74) is 5.25. The van der Waals surface area contributed by atoms with Crippen LogP contribution in [0.25, 0.3) is 0 Å². The number of nitrogens with zero attached hydrogens (tertiary/aromatic N) is 1. The lowest BCUT2D eigenvalue weighted by Gasteiger charge is -2.14. The molecule has 7 nitrogen and oxygen atoms in total. The van der Waals surface area contributed by atoms with Crippen LogP contribution in [0.1, 0.15) is 18.2 Å². The summed E-state index contributed by atoms with van der Waals surface area (Å²) in [4.78, 5) is 25.0. The standard InChI is InChI=1S/C10H15N3O4/c1-5-3-13(10(16)12-9(5)15)8-2-6(11)7(4-14)17-8/h3,6-8,14H,2,4,11H2,1H3,(H,12,15,16)/t6-,7?,8-/m1/s1. The molecule has 0 aliphatic carbocycles. The van der Waals surface area contributed by atoms with Crippen molar-refractivity contribution in [1.82, 2.24) is 9.55 Å². The topological polar surface area (TPSA) is 110 Å². The third kappa shape index (κ3) is 2.17. The van der Waals surface area contributed by atoms with E-state index in [1.54, 1.807) is 6.92 Å². The van der Waals surface area contributed by atoms with Gasteiger partial charge in [0.25, 0.3) is 5.56 Å². The molecule has 0 aromatic carbocycles. The number of aromatic amines is 1. The van der Waals surface area contributed by atoms with Crippen LogP contribution in [0.2, 0.25) is 0 Å². The molecule has 17 heavy (non-hydrogen) atoms. The third-order valence-electron chi connectivity index (χ3n) is 2.92. The highest BCUT2D eigenvalue weighted by molar-refractivity contribution is 5.02. The van der Waals surface area contributed by atoms with Gasteiger partial charge < -0.3 is 15.6 Å². The van der Waals surface area contributed by atoms with Gasteiger partial charge in [0.15, 0.2) is 0 Å². The minimum atomic E-state index is -0.537. The molecule has 7 heteroatoms. The van der Waals surface area contributed by atoms with E-state index in [4.69, 9.17) is 15.6 Å². The van der Waals surface area contributed by atoms with E-state index in [2.05, 4.69) is 4.98 Å². The minimum absolute atomic E-state index is 0.186. The first-order chi connectivity index (χ1) is 8.02. The molecule has 0 amide bonds. The van der Waals surface area contributed by atoms with Crippen LogP contribution in [0.4, 0.5) is 0 Å². The normalized spacial score (nSPS) is 28.5. The fourth-order valence-corrected chi connectivity index (χ4v) is 1.90. The van der Waals surface area contributed by atoms with Gasteiger partial charge >= 0.3 is 5.69 Å². The lowest BCUT2D eigenvalue weighted by Crippen LogP contribution is -2.33. The average Bonchev–Trinajstić information content (AvgIpc) is 2.65. The maximum atomic E-state index is 11.6. The van der Waals surface area contributed by atoms with Crippen LogP contribution in [0, 0.1) is 6.92 Å². The van der Waals surface area contributed by atoms with Crippen molar-refractivity contribution in [2.24, 2.45) is 5.73 Å². The van der Waals surface area contributed by atoms with E-state index in [-0.39, 0.29) is 12.6 Å². The summed E-state index contributed by atoms with van der Waals surface area (Å²) in [6.45, 7) is 1.42. The second kappa shape index (κ2) is 4.44. The Morgan fingerprint density at radius 2 is 2.35 bits per heavy atom. The van der Waals surface area contributed by atoms with E-state index >= 15 is 0 Å². The molecule has 2 rings (SSSR count). The molecule has 1 unspecified atom stereocenters. The zero-order chi connectivity index (χ0) is 12.6. The molecule has 4 N–H and O–H groups in total. The molecular weight excluding hydrogens is 226 g/mol. The first-order valence-corrected chi connectivity index (χ1v) is 5.37. The van der Waals surface area contributed by atoms with E-state index in [0.29, 0.717) is 12.0 Å². The number of nitrogens with two attached hydrogens (primary N) is 1. The first kappa shape index (κ1) is 12.0. The molecule has 1 aliphatic rings. The van der Waals surface area contributed by atoms with Crippen molar-refractivity contribution >= 4 is 0 Å². The number of H-pyrrole nitrogens is 1. The molecule has 1 aromatic rings. The highest BCUT2D eigenvalue weighted by atomic mass is 16.5. The molecule has 1 saturated heterocycles. The molecule has 0 bridgehead atoms. The zero-order valence-corrected chi connectivity index (χ0v) is 9.42. The Kier molecular flexibility index (Phi) is 3.14. The van der Waals surface area contributed by atoms with Crippen molar-refractivity contribution in [1.29, 1.82) is 0 Å². The zero-order valence-electron chi connectivity index (χ0n) is 9.42. The number of nitrogens with one attached hydrogen (secondary N) is 1. The number of hydrogen-bond donors (Lipinski definition) is 3. The summed E-state index contributed by atoms with van der Waals surface area (Å²) in [7, 11) is 0. The van der Waals surface area contributed by atoms with Gasteiger partial charge in [-0.3, -0.25) is 14.3 Å². The lowest BCUT2D eigenvalue weighted by molar-refractivity contribution is -0.0271. The Balaban J connectivity index is 2.34. The molecule has 2 heterocycles. The minimum Gasteiger partial charge on any atom is -0.394 e. The monoisotopic (exact) mass is 241 g/mol. The molecule has 1 fully saturated rings. The van der Waals surface area contributed by atoms with E-state index in [9.17, 15) is 9.59 Å². The summed E-state index contributed by atoms with van der Waals surface area (Å²) < 4.78 is 6.75. The van der Waals surface area contributed by atoms with Crippen molar-refractivity contribution in [2.75, 3.05) is 6.61 Å². The van der Waals surface area contributed by atoms with Crippen LogP contribution in [-0.4, -0.2) is 33.4 Å². The Labute approximate surface area is 96.8 Å². The highest BCUT2D eigenvalue weighted by Gasteiger charge is 2.33. The second-order valence-electron chi connectivity index (χ2n) is 4.19. The van der Waals surface area contributed by atoms with Crippen LogP contribution in [0.15, 0.2) is 15.8 Å². The number of ether oxygens (including phenoxy) is 1. The van der Waals surface area contributed by atoms with Gasteiger partial charge in [0.05, 0.1) is 12.7 Å². The number of aryl methyl sites for hydroxylation is 1. The molecule has 94 valence electrons. The van der Waals surface area contributed by atoms with Crippen molar-refractivity contribution in [3.63, 3.8) is 0 Å². The SMILES string of the molecule is Cc1cn([C@H]2C[C@@H](N)C(CO)O2)c(=O)[nH]c1=O. The summed E-state index contributed by atoms with van der Waals surface area (Å²) in [6, 6.07) is -0.316. The fraction of sp³-hybridized carbons (Fsp3) is 0.600. The quantitative estimate of drug-likeness (QED) is 0.580. The van der Waals surface area contributed by atoms with Crippen molar-refractivity contribution < 1.29 is 9.84 Å². The Bertz CT molecular complexity index is 521. The summed E-state index contributed by atoms with van der Waals surface area (Å²) in [6.07, 6.45) is 0.860. The molecule has 1 aromatic heterocycles. The van der Waals surface area contributed by atoms with Crippen molar-refractivity contribution in [2.45, 2.75) is 31.7 Å². The summed E-state index contributed by atoms with van der Waals surface area (Å²) >= 11 is 0. The molecule has 0 saturated carbocycles. The van der Waals surface area contributed by atoms with Gasteiger partial charge in [0.1, 0.15) is 6.23 Å². The predicted octanol–water partition coefficient (Wildman–Crippen LogP) is -1.55. The third-order valence-corrected chi connectivity index (χ3v) is 2.92. The van der Waals surface area contributed by atoms with E-state index < -0.39 is 23.6 Å². The summed E-state index contributed by atoms with van der Waals surface area (Å²) in [5, 5.41) is 9.02. The Hall–Kier alpha value is -1.44. The van der Waals surface area contributed by atoms with E-state index in [1.165, 1.54) is 10.8 Å². The average molecular weight is 241 g/mol. The van der Waals surface area contributed by atoms with Crippen LogP contribution in [0.5, 0.6) is 0 Å². The van der Waals surface area contributed by atoms with Gasteiger partial charge in [-0.2, -0.15) is 0 Å². The molecule has 3 atom stereocenters. The predicted molar refractivity (Wildman–Crippen MR) is 59.6 cm³/mol. The van der Waals surface area contributed by atoms with E-state index in [0.717, 1.165) is 0 Å². The van der Waals surface area contributed by atoms with Gasteiger partial charge in [0.2, 0.25) is 0 Å². The van der Waals surface area contributed by atoms with Gasteiger partial charge in [-0.1, -0.05) is 0 Å².